The number of rotatable bonds is 3. The molecule has 0 spiro atoms. The zero-order valence-corrected chi connectivity index (χ0v) is 13.5. The van der Waals surface area contributed by atoms with Crippen molar-refractivity contribution in [2.75, 3.05) is 13.1 Å². The summed E-state index contributed by atoms with van der Waals surface area (Å²) in [4.78, 5) is 14.3. The fourth-order valence-electron chi connectivity index (χ4n) is 2.49. The highest BCUT2D eigenvalue weighted by Gasteiger charge is 2.22. The van der Waals surface area contributed by atoms with E-state index in [1.807, 2.05) is 17.3 Å². The number of hydrogen-bond donors (Lipinski definition) is 0. The quantitative estimate of drug-likeness (QED) is 0.851. The molecule has 1 fully saturated rings. The second kappa shape index (κ2) is 6.01. The van der Waals surface area contributed by atoms with Gasteiger partial charge in [0.1, 0.15) is 12.4 Å². The predicted molar refractivity (Wildman–Crippen MR) is 81.9 cm³/mol. The van der Waals surface area contributed by atoms with Gasteiger partial charge in [0.15, 0.2) is 0 Å². The molecule has 0 N–H and O–H groups in total. The van der Waals surface area contributed by atoms with Gasteiger partial charge in [-0.3, -0.25) is 9.48 Å². The molecule has 0 saturated carbocycles. The second-order valence-corrected chi connectivity index (χ2v) is 6.47. The summed E-state index contributed by atoms with van der Waals surface area (Å²) in [6.07, 6.45) is 7.57. The average molecular weight is 352 g/mol. The van der Waals surface area contributed by atoms with Gasteiger partial charge in [0.2, 0.25) is 0 Å². The molecule has 1 aliphatic heterocycles. The van der Waals surface area contributed by atoms with E-state index in [2.05, 4.69) is 33.1 Å². The largest absolute Gasteiger partial charge is 0.337 e. The topological polar surface area (TPSA) is 56.0 Å². The highest BCUT2D eigenvalue weighted by Crippen LogP contribution is 2.17. The van der Waals surface area contributed by atoms with Crippen LogP contribution in [-0.4, -0.2) is 43.5 Å². The third kappa shape index (κ3) is 3.34. The molecule has 0 unspecified atom stereocenters. The van der Waals surface area contributed by atoms with Gasteiger partial charge >= 0.3 is 0 Å². The predicted octanol–water partition coefficient (Wildman–Crippen LogP) is 2.22. The third-order valence-electron chi connectivity index (χ3n) is 3.82. The maximum Gasteiger partial charge on any atom is 0.274 e. The van der Waals surface area contributed by atoms with Gasteiger partial charge in [-0.2, -0.15) is 10.2 Å². The van der Waals surface area contributed by atoms with E-state index in [0.29, 0.717) is 18.3 Å². The number of aromatic nitrogens is 4. The molecule has 112 valence electrons. The van der Waals surface area contributed by atoms with Gasteiger partial charge in [0.25, 0.3) is 5.91 Å². The van der Waals surface area contributed by atoms with Gasteiger partial charge in [-0.15, -0.1) is 0 Å². The fourth-order valence-corrected chi connectivity index (χ4v) is 2.82. The second-order valence-electron chi connectivity index (χ2n) is 5.55. The minimum absolute atomic E-state index is 0.0299. The molecule has 6 nitrogen and oxygen atoms in total. The van der Waals surface area contributed by atoms with Crippen molar-refractivity contribution in [3.63, 3.8) is 0 Å². The first-order chi connectivity index (χ1) is 10.1. The minimum Gasteiger partial charge on any atom is -0.337 e. The molecule has 0 atom stereocenters. The Morgan fingerprint density at radius 3 is 2.81 bits per heavy atom. The van der Waals surface area contributed by atoms with Crippen LogP contribution in [-0.2, 0) is 6.67 Å². The molecule has 1 saturated heterocycles. The highest BCUT2D eigenvalue weighted by molar-refractivity contribution is 9.10. The van der Waals surface area contributed by atoms with E-state index in [9.17, 15) is 4.79 Å². The minimum atomic E-state index is 0.0299. The van der Waals surface area contributed by atoms with Gasteiger partial charge in [-0.1, -0.05) is 6.92 Å². The molecule has 0 aromatic carbocycles. The molecule has 2 aromatic rings. The Labute approximate surface area is 131 Å². The molecule has 7 heteroatoms. The van der Waals surface area contributed by atoms with Crippen LogP contribution in [0.1, 0.15) is 30.3 Å². The number of likely N-dealkylation sites (tertiary alicyclic amines) is 1. The maximum absolute atomic E-state index is 12.4. The summed E-state index contributed by atoms with van der Waals surface area (Å²) in [5.74, 6) is 0.743. The van der Waals surface area contributed by atoms with Crippen LogP contribution in [0.3, 0.4) is 0 Å². The molecular weight excluding hydrogens is 334 g/mol. The number of halogens is 1. The number of piperidine rings is 1. The van der Waals surface area contributed by atoms with Crippen LogP contribution in [0.15, 0.2) is 29.1 Å². The van der Waals surface area contributed by atoms with Crippen LogP contribution < -0.4 is 0 Å². The zero-order chi connectivity index (χ0) is 14.8. The fraction of sp³-hybridized carbons (Fsp3) is 0.500. The van der Waals surface area contributed by atoms with Crippen molar-refractivity contribution >= 4 is 21.8 Å². The van der Waals surface area contributed by atoms with Crippen LogP contribution in [0, 0.1) is 5.92 Å². The normalized spacial score (nSPS) is 16.4. The first-order valence-corrected chi connectivity index (χ1v) is 7.92. The van der Waals surface area contributed by atoms with E-state index >= 15 is 0 Å². The number of nitrogens with zero attached hydrogens (tertiary/aromatic N) is 5. The summed E-state index contributed by atoms with van der Waals surface area (Å²) in [5.41, 5.74) is 0.510. The van der Waals surface area contributed by atoms with Crippen LogP contribution in [0.25, 0.3) is 0 Å². The zero-order valence-electron chi connectivity index (χ0n) is 11.9. The van der Waals surface area contributed by atoms with Gasteiger partial charge in [-0.05, 0) is 40.8 Å². The smallest absolute Gasteiger partial charge is 0.274 e. The third-order valence-corrected chi connectivity index (χ3v) is 4.23. The van der Waals surface area contributed by atoms with Gasteiger partial charge in [0, 0.05) is 25.5 Å². The Morgan fingerprint density at radius 1 is 1.38 bits per heavy atom. The summed E-state index contributed by atoms with van der Waals surface area (Å²) < 4.78 is 4.40. The summed E-state index contributed by atoms with van der Waals surface area (Å²) in [7, 11) is 0. The van der Waals surface area contributed by atoms with Gasteiger partial charge in [-0.25, -0.2) is 4.68 Å². The van der Waals surface area contributed by atoms with Crippen LogP contribution >= 0.6 is 15.9 Å². The lowest BCUT2D eigenvalue weighted by Crippen LogP contribution is -2.38. The molecule has 3 rings (SSSR count). The summed E-state index contributed by atoms with van der Waals surface area (Å²) in [5, 5.41) is 8.54. The van der Waals surface area contributed by atoms with Crippen molar-refractivity contribution in [1.82, 2.24) is 24.5 Å². The average Bonchev–Trinajstić information content (AvgIpc) is 3.09. The molecule has 0 bridgehead atoms. The lowest BCUT2D eigenvalue weighted by molar-refractivity contribution is 0.0690. The molecule has 0 aliphatic carbocycles. The number of amides is 1. The van der Waals surface area contributed by atoms with Gasteiger partial charge < -0.3 is 4.90 Å². The first kappa shape index (κ1) is 14.3. The van der Waals surface area contributed by atoms with E-state index in [4.69, 9.17) is 0 Å². The Balaban J connectivity index is 1.65. The van der Waals surface area contributed by atoms with Crippen molar-refractivity contribution in [3.8, 4) is 0 Å². The summed E-state index contributed by atoms with van der Waals surface area (Å²) in [6.45, 7) is 4.40. The Hall–Kier alpha value is -1.63. The lowest BCUT2D eigenvalue weighted by atomic mass is 9.99. The molecule has 1 amide bonds. The van der Waals surface area contributed by atoms with Crippen LogP contribution in [0.5, 0.6) is 0 Å². The lowest BCUT2D eigenvalue weighted by Gasteiger charge is -2.29. The summed E-state index contributed by atoms with van der Waals surface area (Å²) >= 11 is 3.36. The first-order valence-electron chi connectivity index (χ1n) is 7.12. The SMILES string of the molecule is CC1CCN(C(=O)c2ccn(Cn3cc(Br)cn3)n2)CC1. The molecule has 2 aromatic heterocycles. The van der Waals surface area contributed by atoms with Crippen molar-refractivity contribution in [3.05, 3.63) is 34.8 Å². The van der Waals surface area contributed by atoms with Crippen LogP contribution in [0.4, 0.5) is 0 Å². The van der Waals surface area contributed by atoms with Crippen molar-refractivity contribution in [1.29, 1.82) is 0 Å². The molecule has 3 heterocycles. The van der Waals surface area contributed by atoms with Crippen molar-refractivity contribution < 1.29 is 4.79 Å². The van der Waals surface area contributed by atoms with Crippen molar-refractivity contribution in [2.24, 2.45) is 5.92 Å². The van der Waals surface area contributed by atoms with E-state index < -0.39 is 0 Å². The van der Waals surface area contributed by atoms with E-state index in [1.54, 1.807) is 21.6 Å². The maximum atomic E-state index is 12.4. The van der Waals surface area contributed by atoms with E-state index in [1.165, 1.54) is 0 Å². The monoisotopic (exact) mass is 351 g/mol. The standard InChI is InChI=1S/C14H18BrN5O/c1-11-2-5-18(6-3-11)14(21)13-4-7-19(17-13)10-20-9-12(15)8-16-20/h4,7-9,11H,2-3,5-6,10H2,1H3. The highest BCUT2D eigenvalue weighted by atomic mass is 79.9. The Kier molecular flexibility index (Phi) is 4.10. The molecular formula is C14H18BrN5O. The molecule has 21 heavy (non-hydrogen) atoms. The Morgan fingerprint density at radius 2 is 2.14 bits per heavy atom. The van der Waals surface area contributed by atoms with E-state index in [0.717, 1.165) is 30.4 Å². The summed E-state index contributed by atoms with van der Waals surface area (Å²) in [6, 6.07) is 1.78. The molecule has 1 aliphatic rings. The van der Waals surface area contributed by atoms with Gasteiger partial charge in [0.05, 0.1) is 10.7 Å². The Bertz CT molecular complexity index is 627. The number of hydrogen-bond acceptors (Lipinski definition) is 3. The van der Waals surface area contributed by atoms with E-state index in [-0.39, 0.29) is 5.91 Å². The number of carbonyl (C=O) groups excluding carboxylic acids is 1. The van der Waals surface area contributed by atoms with Crippen molar-refractivity contribution in [2.45, 2.75) is 26.4 Å². The van der Waals surface area contributed by atoms with Crippen LogP contribution in [0.2, 0.25) is 0 Å². The molecule has 0 radical (unpaired) electrons. The number of carbonyl (C=O) groups is 1.